The Morgan fingerprint density at radius 3 is 2.46 bits per heavy atom. The molecule has 2 aromatic rings. The van der Waals surface area contributed by atoms with Gasteiger partial charge in [0.2, 0.25) is 11.0 Å². The number of amides is 1. The minimum Gasteiger partial charge on any atom is -0.486 e. The van der Waals surface area contributed by atoms with E-state index in [2.05, 4.69) is 48.4 Å². The molecule has 0 spiro atoms. The highest BCUT2D eigenvalue weighted by atomic mass is 32.1. The molecule has 130 valence electrons. The summed E-state index contributed by atoms with van der Waals surface area (Å²) in [5.41, 5.74) is 1.39. The second kappa shape index (κ2) is 7.75. The van der Waals surface area contributed by atoms with Crippen molar-refractivity contribution in [2.24, 2.45) is 5.92 Å². The molecule has 0 aliphatic heterocycles. The van der Waals surface area contributed by atoms with Crippen LogP contribution in [0.4, 0.5) is 5.13 Å². The third-order valence-corrected chi connectivity index (χ3v) is 4.20. The van der Waals surface area contributed by atoms with Gasteiger partial charge in [-0.25, -0.2) is 0 Å². The molecule has 0 saturated carbocycles. The molecular weight excluding hydrogens is 322 g/mol. The Labute approximate surface area is 147 Å². The van der Waals surface area contributed by atoms with E-state index in [1.807, 2.05) is 26.0 Å². The predicted octanol–water partition coefficient (Wildman–Crippen LogP) is 4.40. The van der Waals surface area contributed by atoms with Gasteiger partial charge in [0.15, 0.2) is 5.01 Å². The molecule has 0 unspecified atom stereocenters. The maximum atomic E-state index is 11.7. The van der Waals surface area contributed by atoms with E-state index in [0.717, 1.165) is 10.8 Å². The lowest BCUT2D eigenvalue weighted by Gasteiger charge is -2.19. The molecular formula is C18H25N3O2S. The summed E-state index contributed by atoms with van der Waals surface area (Å²) in [6.07, 6.45) is 0.478. The van der Waals surface area contributed by atoms with Gasteiger partial charge in [0, 0.05) is 6.42 Å². The number of carbonyl (C=O) groups is 1. The Morgan fingerprint density at radius 2 is 1.88 bits per heavy atom. The van der Waals surface area contributed by atoms with Gasteiger partial charge in [-0.05, 0) is 29.0 Å². The van der Waals surface area contributed by atoms with Crippen LogP contribution in [-0.2, 0) is 16.8 Å². The molecule has 5 nitrogen and oxygen atoms in total. The molecule has 0 radical (unpaired) electrons. The fraction of sp³-hybridized carbons (Fsp3) is 0.500. The number of rotatable bonds is 6. The summed E-state index contributed by atoms with van der Waals surface area (Å²) < 4.78 is 5.74. The molecule has 1 N–H and O–H groups in total. The second-order valence-corrected chi connectivity index (χ2v) is 8.27. The zero-order valence-corrected chi connectivity index (χ0v) is 15.7. The van der Waals surface area contributed by atoms with E-state index in [-0.39, 0.29) is 11.3 Å². The second-order valence-electron chi connectivity index (χ2n) is 7.21. The van der Waals surface area contributed by atoms with Crippen molar-refractivity contribution in [1.82, 2.24) is 10.2 Å². The van der Waals surface area contributed by atoms with E-state index in [0.29, 0.717) is 24.1 Å². The van der Waals surface area contributed by atoms with Gasteiger partial charge in [-0.1, -0.05) is 58.1 Å². The minimum absolute atomic E-state index is 0.0358. The molecule has 2 rings (SSSR count). The largest absolute Gasteiger partial charge is 0.486 e. The Bertz CT molecular complexity index is 672. The van der Waals surface area contributed by atoms with Crippen molar-refractivity contribution in [1.29, 1.82) is 0 Å². The lowest BCUT2D eigenvalue weighted by Crippen LogP contribution is -2.13. The number of nitrogens with zero attached hydrogens (tertiary/aromatic N) is 2. The van der Waals surface area contributed by atoms with Crippen LogP contribution in [-0.4, -0.2) is 16.1 Å². The number of anilines is 1. The molecule has 1 amide bonds. The van der Waals surface area contributed by atoms with Crippen molar-refractivity contribution in [2.45, 2.75) is 53.1 Å². The molecule has 0 atom stereocenters. The van der Waals surface area contributed by atoms with Gasteiger partial charge in [0.25, 0.3) is 0 Å². The molecule has 24 heavy (non-hydrogen) atoms. The Morgan fingerprint density at radius 1 is 1.21 bits per heavy atom. The third-order valence-electron chi connectivity index (χ3n) is 3.39. The molecule has 0 bridgehead atoms. The summed E-state index contributed by atoms with van der Waals surface area (Å²) in [6.45, 7) is 10.9. The van der Waals surface area contributed by atoms with Crippen molar-refractivity contribution in [3.05, 3.63) is 34.8 Å². The van der Waals surface area contributed by atoms with E-state index >= 15 is 0 Å². The van der Waals surface area contributed by atoms with Crippen LogP contribution in [0.2, 0.25) is 0 Å². The summed E-state index contributed by atoms with van der Waals surface area (Å²) in [7, 11) is 0. The van der Waals surface area contributed by atoms with Crippen LogP contribution in [0.15, 0.2) is 24.3 Å². The van der Waals surface area contributed by atoms with E-state index in [9.17, 15) is 4.79 Å². The molecule has 0 fully saturated rings. The molecule has 0 aliphatic rings. The number of benzene rings is 1. The van der Waals surface area contributed by atoms with Crippen molar-refractivity contribution in [3.63, 3.8) is 0 Å². The third kappa shape index (κ3) is 5.60. The monoisotopic (exact) mass is 347 g/mol. The van der Waals surface area contributed by atoms with Crippen molar-refractivity contribution in [2.75, 3.05) is 5.32 Å². The minimum atomic E-state index is -0.0358. The number of aromatic nitrogens is 2. The number of carbonyl (C=O) groups excluding carboxylic acids is 1. The zero-order valence-electron chi connectivity index (χ0n) is 14.9. The van der Waals surface area contributed by atoms with Gasteiger partial charge < -0.3 is 10.1 Å². The van der Waals surface area contributed by atoms with Gasteiger partial charge in [-0.2, -0.15) is 0 Å². The molecule has 1 aromatic carbocycles. The normalized spacial score (nSPS) is 11.6. The highest BCUT2D eigenvalue weighted by Crippen LogP contribution is 2.25. The molecule has 1 heterocycles. The average molecular weight is 347 g/mol. The summed E-state index contributed by atoms with van der Waals surface area (Å²) in [6, 6.07) is 8.08. The smallest absolute Gasteiger partial charge is 0.226 e. The van der Waals surface area contributed by atoms with E-state index in [1.165, 1.54) is 16.9 Å². The van der Waals surface area contributed by atoms with Gasteiger partial charge in [-0.15, -0.1) is 10.2 Å². The van der Waals surface area contributed by atoms with E-state index in [1.54, 1.807) is 0 Å². The van der Waals surface area contributed by atoms with Crippen LogP contribution < -0.4 is 10.1 Å². The highest BCUT2D eigenvalue weighted by molar-refractivity contribution is 7.15. The Balaban J connectivity index is 1.88. The zero-order chi connectivity index (χ0) is 17.7. The van der Waals surface area contributed by atoms with Crippen LogP contribution in [0.5, 0.6) is 5.75 Å². The first kappa shape index (κ1) is 18.4. The lowest BCUT2D eigenvalue weighted by molar-refractivity contribution is -0.116. The van der Waals surface area contributed by atoms with Crippen LogP contribution in [0.1, 0.15) is 51.6 Å². The fourth-order valence-corrected chi connectivity index (χ4v) is 2.77. The van der Waals surface area contributed by atoms with E-state index in [4.69, 9.17) is 4.74 Å². The van der Waals surface area contributed by atoms with Crippen molar-refractivity contribution in [3.8, 4) is 5.75 Å². The van der Waals surface area contributed by atoms with Gasteiger partial charge in [0.1, 0.15) is 12.4 Å². The standard InChI is InChI=1S/C18H25N3O2S/c1-12(2)10-15(22)19-17-21-20-16(24-17)11-23-14-8-6-13(7-9-14)18(3,4)5/h6-9,12H,10-11H2,1-5H3,(H,19,21,22). The predicted molar refractivity (Wildman–Crippen MR) is 97.5 cm³/mol. The number of hydrogen-bond acceptors (Lipinski definition) is 5. The highest BCUT2D eigenvalue weighted by Gasteiger charge is 2.13. The summed E-state index contributed by atoms with van der Waals surface area (Å²) in [4.78, 5) is 11.7. The van der Waals surface area contributed by atoms with Gasteiger partial charge in [0.05, 0.1) is 0 Å². The number of ether oxygens (including phenoxy) is 1. The van der Waals surface area contributed by atoms with Crippen LogP contribution in [0, 0.1) is 5.92 Å². The van der Waals surface area contributed by atoms with E-state index < -0.39 is 0 Å². The maximum Gasteiger partial charge on any atom is 0.226 e. The average Bonchev–Trinajstić information content (AvgIpc) is 2.91. The Hall–Kier alpha value is -1.95. The SMILES string of the molecule is CC(C)CC(=O)Nc1nnc(COc2ccc(C(C)(C)C)cc2)s1. The van der Waals surface area contributed by atoms with Crippen molar-refractivity contribution >= 4 is 22.4 Å². The quantitative estimate of drug-likeness (QED) is 0.841. The number of hydrogen-bond donors (Lipinski definition) is 1. The fourth-order valence-electron chi connectivity index (χ4n) is 2.10. The summed E-state index contributed by atoms with van der Waals surface area (Å²) in [5, 5.41) is 12.0. The Kier molecular flexibility index (Phi) is 5.94. The first-order chi connectivity index (χ1) is 11.2. The van der Waals surface area contributed by atoms with Gasteiger partial charge in [-0.3, -0.25) is 4.79 Å². The molecule has 0 saturated heterocycles. The summed E-state index contributed by atoms with van der Waals surface area (Å²) >= 11 is 1.34. The van der Waals surface area contributed by atoms with Crippen LogP contribution in [0.3, 0.4) is 0 Å². The molecule has 0 aliphatic carbocycles. The van der Waals surface area contributed by atoms with Gasteiger partial charge >= 0.3 is 0 Å². The maximum absolute atomic E-state index is 11.7. The molecule has 1 aromatic heterocycles. The number of nitrogens with one attached hydrogen (secondary N) is 1. The first-order valence-corrected chi connectivity index (χ1v) is 8.91. The molecule has 6 heteroatoms. The first-order valence-electron chi connectivity index (χ1n) is 8.09. The lowest BCUT2D eigenvalue weighted by atomic mass is 9.87. The van der Waals surface area contributed by atoms with Crippen LogP contribution >= 0.6 is 11.3 Å². The van der Waals surface area contributed by atoms with Crippen LogP contribution in [0.25, 0.3) is 0 Å². The summed E-state index contributed by atoms with van der Waals surface area (Å²) in [5.74, 6) is 1.08. The van der Waals surface area contributed by atoms with Crippen molar-refractivity contribution < 1.29 is 9.53 Å². The topological polar surface area (TPSA) is 64.1 Å².